The van der Waals surface area contributed by atoms with E-state index >= 15 is 0 Å². The highest BCUT2D eigenvalue weighted by atomic mass is 32.2. The van der Waals surface area contributed by atoms with Gasteiger partial charge in [0.05, 0.1) is 15.3 Å². The summed E-state index contributed by atoms with van der Waals surface area (Å²) in [4.78, 5) is 13.0. The Morgan fingerprint density at radius 1 is 0.853 bits per heavy atom. The Labute approximate surface area is 195 Å². The van der Waals surface area contributed by atoms with Gasteiger partial charge in [0.1, 0.15) is 5.82 Å². The van der Waals surface area contributed by atoms with Gasteiger partial charge in [0.15, 0.2) is 17.4 Å². The summed E-state index contributed by atoms with van der Waals surface area (Å²) in [7, 11) is -3.93. The fraction of sp³-hybridized carbons (Fsp3) is 0. The van der Waals surface area contributed by atoms with Crippen molar-refractivity contribution in [2.45, 2.75) is 4.90 Å². The smallest absolute Gasteiger partial charge is 0.261 e. The molecule has 0 saturated heterocycles. The molecule has 4 rings (SSSR count). The van der Waals surface area contributed by atoms with E-state index in [-0.39, 0.29) is 15.5 Å². The molecule has 0 aliphatic carbocycles. The second kappa shape index (κ2) is 8.92. The van der Waals surface area contributed by atoms with Crippen molar-refractivity contribution in [1.29, 1.82) is 0 Å². The Bertz CT molecular complexity index is 1500. The molecule has 0 amide bonds. The maximum atomic E-state index is 14.1. The van der Waals surface area contributed by atoms with Crippen LogP contribution in [0, 0.1) is 23.3 Å². The molecule has 2 N–H and O–H groups in total. The number of halogens is 4. The number of phenolic OH excluding ortho intramolecular Hbond substituents is 1. The van der Waals surface area contributed by atoms with Crippen molar-refractivity contribution in [3.8, 4) is 16.2 Å². The maximum Gasteiger partial charge on any atom is 0.261 e. The monoisotopic (exact) mass is 507 g/mol. The number of sulfonamides is 1. The number of anilines is 1. The van der Waals surface area contributed by atoms with E-state index < -0.39 is 50.4 Å². The number of carbonyl (C=O) groups excluding carboxylic acids is 1. The molecular formula is C23H13F4NO4S2. The van der Waals surface area contributed by atoms with E-state index in [1.165, 1.54) is 18.2 Å². The topological polar surface area (TPSA) is 83.5 Å². The Kier molecular flexibility index (Phi) is 6.15. The molecule has 0 radical (unpaired) electrons. The predicted octanol–water partition coefficient (Wildman–Crippen LogP) is 5.71. The first kappa shape index (κ1) is 23.5. The summed E-state index contributed by atoms with van der Waals surface area (Å²) in [6, 6.07) is 13.7. The second-order valence-corrected chi connectivity index (χ2v) is 9.78. The lowest BCUT2D eigenvalue weighted by atomic mass is 10.1. The quantitative estimate of drug-likeness (QED) is 0.199. The van der Waals surface area contributed by atoms with Gasteiger partial charge < -0.3 is 5.11 Å². The molecule has 11 heteroatoms. The van der Waals surface area contributed by atoms with E-state index in [2.05, 4.69) is 4.72 Å². The van der Waals surface area contributed by atoms with Crippen molar-refractivity contribution < 1.29 is 35.9 Å². The number of ketones is 1. The Morgan fingerprint density at radius 3 is 2.15 bits per heavy atom. The van der Waals surface area contributed by atoms with Crippen molar-refractivity contribution in [3.05, 3.63) is 100 Å². The summed E-state index contributed by atoms with van der Waals surface area (Å²) in [5.74, 6) is -7.97. The first-order valence-corrected chi connectivity index (χ1v) is 11.8. The molecule has 1 heterocycles. The molecule has 0 aliphatic rings. The minimum absolute atomic E-state index is 0.0143. The van der Waals surface area contributed by atoms with E-state index in [0.717, 1.165) is 35.6 Å². The summed E-state index contributed by atoms with van der Waals surface area (Å²) < 4.78 is 81.1. The average molecular weight is 507 g/mol. The number of aromatic hydroxyl groups is 1. The fourth-order valence-corrected chi connectivity index (χ4v) is 5.06. The van der Waals surface area contributed by atoms with Crippen molar-refractivity contribution in [2.75, 3.05) is 4.72 Å². The number of benzene rings is 3. The van der Waals surface area contributed by atoms with E-state index in [1.54, 1.807) is 18.2 Å². The molecule has 0 fully saturated rings. The molecule has 174 valence electrons. The maximum absolute atomic E-state index is 14.1. The molecule has 5 nitrogen and oxygen atoms in total. The van der Waals surface area contributed by atoms with E-state index in [9.17, 15) is 35.9 Å². The van der Waals surface area contributed by atoms with Crippen LogP contribution in [-0.2, 0) is 10.0 Å². The molecule has 34 heavy (non-hydrogen) atoms. The third kappa shape index (κ3) is 4.52. The first-order valence-electron chi connectivity index (χ1n) is 9.46. The fourth-order valence-electron chi connectivity index (χ4n) is 3.03. The van der Waals surface area contributed by atoms with Crippen LogP contribution >= 0.6 is 11.3 Å². The summed E-state index contributed by atoms with van der Waals surface area (Å²) in [5, 5.41) is 9.33. The highest BCUT2D eigenvalue weighted by Gasteiger charge is 2.24. The normalized spacial score (nSPS) is 11.4. The molecule has 3 aromatic carbocycles. The zero-order valence-electron chi connectivity index (χ0n) is 16.9. The highest BCUT2D eigenvalue weighted by Crippen LogP contribution is 2.33. The molecule has 0 atom stereocenters. The lowest BCUT2D eigenvalue weighted by molar-refractivity contribution is 0.103. The molecule has 0 spiro atoms. The lowest BCUT2D eigenvalue weighted by Gasteiger charge is -2.08. The van der Waals surface area contributed by atoms with Gasteiger partial charge in [-0.25, -0.2) is 21.6 Å². The van der Waals surface area contributed by atoms with Crippen LogP contribution in [-0.4, -0.2) is 19.3 Å². The SMILES string of the molecule is O=C(c1ccc(-c2ccc(NS(=O)(=O)c3ccc(F)cc3)cc2)s1)c1cc(F)c(F)c(O)c1F. The average Bonchev–Trinajstić information content (AvgIpc) is 3.30. The standard InChI is InChI=1S/C23H13F4NO4S2/c24-13-3-7-15(8-4-13)34(31,32)28-14-5-1-12(2-6-14)18-9-10-19(33-18)22(29)16-11-17(25)21(27)23(30)20(16)26/h1-11,28,30H. The number of carbonyl (C=O) groups is 1. The van der Waals surface area contributed by atoms with Gasteiger partial charge in [-0.05, 0) is 60.2 Å². The zero-order chi connectivity index (χ0) is 24.6. The Balaban J connectivity index is 1.54. The van der Waals surface area contributed by atoms with Crippen LogP contribution in [0.2, 0.25) is 0 Å². The summed E-state index contributed by atoms with van der Waals surface area (Å²) in [6.07, 6.45) is 0. The third-order valence-electron chi connectivity index (χ3n) is 4.75. The minimum atomic E-state index is -3.93. The van der Waals surface area contributed by atoms with Gasteiger partial charge >= 0.3 is 0 Å². The third-order valence-corrected chi connectivity index (χ3v) is 7.28. The molecular weight excluding hydrogens is 494 g/mol. The molecule has 1 aromatic heterocycles. The van der Waals surface area contributed by atoms with Gasteiger partial charge in [-0.15, -0.1) is 11.3 Å². The van der Waals surface area contributed by atoms with Crippen LogP contribution in [0.25, 0.3) is 10.4 Å². The van der Waals surface area contributed by atoms with Gasteiger partial charge in [0.25, 0.3) is 10.0 Å². The van der Waals surface area contributed by atoms with Crippen LogP contribution in [0.3, 0.4) is 0 Å². The summed E-state index contributed by atoms with van der Waals surface area (Å²) in [5.41, 5.74) is 0.0259. The van der Waals surface area contributed by atoms with Crippen LogP contribution in [0.1, 0.15) is 15.2 Å². The largest absolute Gasteiger partial charge is 0.503 e. The number of hydrogen-bond acceptors (Lipinski definition) is 5. The van der Waals surface area contributed by atoms with Gasteiger partial charge in [0, 0.05) is 10.6 Å². The van der Waals surface area contributed by atoms with Crippen LogP contribution in [0.15, 0.2) is 71.6 Å². The zero-order valence-corrected chi connectivity index (χ0v) is 18.5. The van der Waals surface area contributed by atoms with Crippen molar-refractivity contribution in [2.24, 2.45) is 0 Å². The van der Waals surface area contributed by atoms with Gasteiger partial charge in [0.2, 0.25) is 11.6 Å². The summed E-state index contributed by atoms with van der Waals surface area (Å²) >= 11 is 0.943. The van der Waals surface area contributed by atoms with E-state index in [0.29, 0.717) is 16.5 Å². The lowest BCUT2D eigenvalue weighted by Crippen LogP contribution is -2.12. The number of hydrogen-bond donors (Lipinski definition) is 2. The van der Waals surface area contributed by atoms with E-state index in [4.69, 9.17) is 0 Å². The molecule has 0 bridgehead atoms. The number of nitrogens with one attached hydrogen (secondary N) is 1. The van der Waals surface area contributed by atoms with Crippen LogP contribution in [0.4, 0.5) is 23.2 Å². The van der Waals surface area contributed by atoms with Gasteiger partial charge in [-0.2, -0.15) is 4.39 Å². The van der Waals surface area contributed by atoms with E-state index in [1.807, 2.05) is 0 Å². The first-order chi connectivity index (χ1) is 16.1. The molecule has 0 saturated carbocycles. The molecule has 4 aromatic rings. The Hall–Kier alpha value is -3.70. The minimum Gasteiger partial charge on any atom is -0.503 e. The second-order valence-electron chi connectivity index (χ2n) is 7.01. The molecule has 0 unspecified atom stereocenters. The highest BCUT2D eigenvalue weighted by molar-refractivity contribution is 7.92. The van der Waals surface area contributed by atoms with Crippen LogP contribution in [0.5, 0.6) is 5.75 Å². The van der Waals surface area contributed by atoms with Crippen molar-refractivity contribution >= 4 is 32.8 Å². The van der Waals surface area contributed by atoms with Crippen LogP contribution < -0.4 is 4.72 Å². The van der Waals surface area contributed by atoms with Gasteiger partial charge in [-0.3, -0.25) is 9.52 Å². The molecule has 0 aliphatic heterocycles. The summed E-state index contributed by atoms with van der Waals surface area (Å²) in [6.45, 7) is 0. The Morgan fingerprint density at radius 2 is 1.50 bits per heavy atom. The van der Waals surface area contributed by atoms with Gasteiger partial charge in [-0.1, -0.05) is 12.1 Å². The van der Waals surface area contributed by atoms with Crippen molar-refractivity contribution in [3.63, 3.8) is 0 Å². The van der Waals surface area contributed by atoms with Crippen molar-refractivity contribution in [1.82, 2.24) is 0 Å². The number of thiophene rings is 1. The number of rotatable bonds is 6. The predicted molar refractivity (Wildman–Crippen MR) is 118 cm³/mol. The number of phenols is 1.